The first-order valence-corrected chi connectivity index (χ1v) is 21.8. The number of piperidine rings is 2. The minimum atomic E-state index is -0.622. The van der Waals surface area contributed by atoms with Gasteiger partial charge in [-0.1, -0.05) is 27.7 Å². The highest BCUT2D eigenvalue weighted by Gasteiger charge is 2.64. The summed E-state index contributed by atoms with van der Waals surface area (Å²) in [4.78, 5) is 63.8. The first-order chi connectivity index (χ1) is 29.7. The number of hydrogen-bond acceptors (Lipinski definition) is 10. The van der Waals surface area contributed by atoms with E-state index in [0.717, 1.165) is 75.3 Å². The van der Waals surface area contributed by atoms with Crippen molar-refractivity contribution in [1.29, 1.82) is 5.26 Å². The zero-order valence-electron chi connectivity index (χ0n) is 35.7. The second-order valence-corrected chi connectivity index (χ2v) is 18.8. The molecule has 1 atom stereocenters. The second kappa shape index (κ2) is 16.0. The number of ether oxygens (including phenoxy) is 1. The van der Waals surface area contributed by atoms with Crippen LogP contribution in [0.4, 0.5) is 15.8 Å². The number of amides is 4. The Hall–Kier alpha value is -6.07. The molecular formula is C48H53FN8O5. The van der Waals surface area contributed by atoms with Crippen molar-refractivity contribution in [2.45, 2.75) is 78.1 Å². The maximum Gasteiger partial charge on any atom is 0.255 e. The second-order valence-electron chi connectivity index (χ2n) is 18.8. The molecule has 0 unspecified atom stereocenters. The number of imide groups is 1. The molecule has 4 fully saturated rings. The average molecular weight is 841 g/mol. The van der Waals surface area contributed by atoms with Gasteiger partial charge in [-0.25, -0.2) is 4.39 Å². The first-order valence-electron chi connectivity index (χ1n) is 21.8. The van der Waals surface area contributed by atoms with Gasteiger partial charge < -0.3 is 24.8 Å². The summed E-state index contributed by atoms with van der Waals surface area (Å²) in [7, 11) is 0. The van der Waals surface area contributed by atoms with Gasteiger partial charge in [0.25, 0.3) is 11.8 Å². The van der Waals surface area contributed by atoms with Crippen LogP contribution in [0.3, 0.4) is 0 Å². The third-order valence-electron chi connectivity index (χ3n) is 14.1. The smallest absolute Gasteiger partial charge is 0.255 e. The largest absolute Gasteiger partial charge is 0.488 e. The summed E-state index contributed by atoms with van der Waals surface area (Å²) in [5.41, 5.74) is 3.58. The summed E-state index contributed by atoms with van der Waals surface area (Å²) < 4.78 is 22.4. The number of halogens is 1. The molecule has 5 aliphatic rings. The Morgan fingerprint density at radius 2 is 1.69 bits per heavy atom. The van der Waals surface area contributed by atoms with Gasteiger partial charge in [0.1, 0.15) is 29.8 Å². The summed E-state index contributed by atoms with van der Waals surface area (Å²) in [5.74, 6) is -0.436. The predicted molar refractivity (Wildman–Crippen MR) is 232 cm³/mol. The lowest BCUT2D eigenvalue weighted by molar-refractivity contribution is -0.163. The molecule has 1 aliphatic carbocycles. The number of nitrogens with zero attached hydrogens (tertiary/aromatic N) is 6. The van der Waals surface area contributed by atoms with E-state index in [2.05, 4.69) is 70.1 Å². The van der Waals surface area contributed by atoms with Crippen molar-refractivity contribution in [3.8, 4) is 11.8 Å². The molecule has 1 aromatic heterocycles. The molecular weight excluding hydrogens is 788 g/mol. The molecule has 4 aliphatic heterocycles. The minimum absolute atomic E-state index is 0.159. The Kier molecular flexibility index (Phi) is 10.7. The van der Waals surface area contributed by atoms with Crippen LogP contribution < -0.4 is 25.2 Å². The van der Waals surface area contributed by atoms with Crippen LogP contribution in [0.25, 0.3) is 10.9 Å². The van der Waals surface area contributed by atoms with Crippen molar-refractivity contribution < 1.29 is 28.3 Å². The number of pyridine rings is 1. The van der Waals surface area contributed by atoms with Crippen molar-refractivity contribution in [3.63, 3.8) is 0 Å². The zero-order chi connectivity index (χ0) is 43.5. The van der Waals surface area contributed by atoms with Crippen LogP contribution >= 0.6 is 0 Å². The molecule has 5 heterocycles. The van der Waals surface area contributed by atoms with E-state index in [4.69, 9.17) is 4.74 Å². The Bertz CT molecular complexity index is 2490. The van der Waals surface area contributed by atoms with Crippen LogP contribution in [0.5, 0.6) is 5.75 Å². The summed E-state index contributed by atoms with van der Waals surface area (Å²) >= 11 is 0. The standard InChI is InChI=1S/C48H53FN8O5/c1-47(2)45(48(3,4)46(47)62-39-13-8-31(26-50)41-35(39)6-5-17-51-41)53-42(59)30-7-11-37(36(49)25-30)56-18-15-29(16-19-56)27-54-20-22-55(23-21-54)33-9-10-34-32(24-33)28-57(44(34)61)38-12-14-40(58)52-43(38)60/h5-11,13,17,24-25,29,38,45-46H,12,14-16,18-23,27-28H2,1-4H3,(H,53,59)(H,52,58,60)/t38-,45?,46?/m0/s1. The van der Waals surface area contributed by atoms with E-state index in [0.29, 0.717) is 47.0 Å². The number of carbonyl (C=O) groups excluding carboxylic acids is 4. The average Bonchev–Trinajstić information content (AvgIpc) is 3.59. The molecule has 3 saturated heterocycles. The van der Waals surface area contributed by atoms with Gasteiger partial charge in [0.05, 0.1) is 16.8 Å². The first kappa shape index (κ1) is 41.3. The Labute approximate surface area is 361 Å². The quantitative estimate of drug-likeness (QED) is 0.202. The summed E-state index contributed by atoms with van der Waals surface area (Å²) in [6, 6.07) is 19.3. The number of anilines is 2. The monoisotopic (exact) mass is 840 g/mol. The summed E-state index contributed by atoms with van der Waals surface area (Å²) in [6.45, 7) is 14.7. The van der Waals surface area contributed by atoms with Crippen LogP contribution in [0.1, 0.15) is 85.2 Å². The van der Waals surface area contributed by atoms with Gasteiger partial charge in [-0.2, -0.15) is 5.26 Å². The van der Waals surface area contributed by atoms with Crippen molar-refractivity contribution in [3.05, 3.63) is 94.9 Å². The van der Waals surface area contributed by atoms with Crippen molar-refractivity contribution in [1.82, 2.24) is 25.4 Å². The fourth-order valence-electron chi connectivity index (χ4n) is 11.1. The molecule has 322 valence electrons. The molecule has 2 N–H and O–H groups in total. The molecule has 4 aromatic rings. The van der Waals surface area contributed by atoms with Crippen LogP contribution in [0.15, 0.2) is 66.9 Å². The van der Waals surface area contributed by atoms with Crippen LogP contribution in [0, 0.1) is 33.9 Å². The minimum Gasteiger partial charge on any atom is -0.488 e. The number of carbonyl (C=O) groups is 4. The topological polar surface area (TPSA) is 151 Å². The molecule has 0 spiro atoms. The number of hydrogen-bond donors (Lipinski definition) is 2. The number of rotatable bonds is 9. The molecule has 13 nitrogen and oxygen atoms in total. The Morgan fingerprint density at radius 3 is 2.40 bits per heavy atom. The van der Waals surface area contributed by atoms with E-state index in [9.17, 15) is 24.4 Å². The van der Waals surface area contributed by atoms with Crippen LogP contribution in [0.2, 0.25) is 0 Å². The van der Waals surface area contributed by atoms with E-state index in [1.54, 1.807) is 29.3 Å². The summed E-state index contributed by atoms with van der Waals surface area (Å²) in [6.07, 6.45) is 3.89. The lowest BCUT2D eigenvalue weighted by atomic mass is 9.49. The third-order valence-corrected chi connectivity index (χ3v) is 14.1. The number of nitriles is 1. The third kappa shape index (κ3) is 7.40. The SMILES string of the molecule is CC1(C)C(NC(=O)c2ccc(N3CCC(CN4CCN(c5ccc6c(c5)CN([C@H]5CCC(=O)NC5=O)C6=O)CC4)CC3)c(F)c2)C(C)(C)C1Oc1ccc(C#N)c2ncccc12. The van der Waals surface area contributed by atoms with E-state index in [1.807, 2.05) is 30.3 Å². The summed E-state index contributed by atoms with van der Waals surface area (Å²) in [5, 5.41) is 15.9. The normalized spacial score (nSPS) is 23.7. The van der Waals surface area contributed by atoms with Crippen molar-refractivity contribution in [2.24, 2.45) is 16.7 Å². The van der Waals surface area contributed by atoms with Crippen molar-refractivity contribution in [2.75, 3.05) is 55.6 Å². The van der Waals surface area contributed by atoms with Crippen LogP contribution in [-0.4, -0.2) is 102 Å². The Morgan fingerprint density at radius 1 is 0.935 bits per heavy atom. The molecule has 9 rings (SSSR count). The van der Waals surface area contributed by atoms with Crippen molar-refractivity contribution >= 4 is 45.9 Å². The number of nitrogens with one attached hydrogen (secondary N) is 2. The molecule has 62 heavy (non-hydrogen) atoms. The lowest BCUT2D eigenvalue weighted by Crippen LogP contribution is -2.74. The molecule has 4 amide bonds. The fraction of sp³-hybridized carbons (Fsp3) is 0.458. The van der Waals surface area contributed by atoms with E-state index >= 15 is 4.39 Å². The number of benzene rings is 3. The molecule has 1 saturated carbocycles. The Balaban J connectivity index is 0.748. The molecule has 3 aromatic carbocycles. The van der Waals surface area contributed by atoms with Gasteiger partial charge in [-0.05, 0) is 91.4 Å². The van der Waals surface area contributed by atoms with E-state index in [-0.39, 0.29) is 41.9 Å². The van der Waals surface area contributed by atoms with Crippen LogP contribution in [-0.2, 0) is 16.1 Å². The maximum atomic E-state index is 15.8. The number of fused-ring (bicyclic) bond motifs is 2. The lowest BCUT2D eigenvalue weighted by Gasteiger charge is -2.63. The van der Waals surface area contributed by atoms with Gasteiger partial charge in [0, 0.05) is 104 Å². The van der Waals surface area contributed by atoms with Gasteiger partial charge in [0.15, 0.2) is 0 Å². The fourth-order valence-corrected chi connectivity index (χ4v) is 11.1. The number of piperazine rings is 1. The van der Waals surface area contributed by atoms with Gasteiger partial charge in [0.2, 0.25) is 11.8 Å². The maximum absolute atomic E-state index is 15.8. The molecule has 0 bridgehead atoms. The molecule has 14 heteroatoms. The molecule has 0 radical (unpaired) electrons. The highest BCUT2D eigenvalue weighted by Crippen LogP contribution is 2.56. The van der Waals surface area contributed by atoms with Gasteiger partial charge in [-0.3, -0.25) is 34.4 Å². The predicted octanol–water partition coefficient (Wildman–Crippen LogP) is 5.66. The highest BCUT2D eigenvalue weighted by molar-refractivity contribution is 6.05. The number of aromatic nitrogens is 1. The van der Waals surface area contributed by atoms with Gasteiger partial charge >= 0.3 is 0 Å². The van der Waals surface area contributed by atoms with Gasteiger partial charge in [-0.15, -0.1) is 0 Å². The highest BCUT2D eigenvalue weighted by atomic mass is 19.1. The zero-order valence-corrected chi connectivity index (χ0v) is 35.7. The van der Waals surface area contributed by atoms with E-state index in [1.165, 1.54) is 6.07 Å². The van der Waals surface area contributed by atoms with E-state index < -0.39 is 28.6 Å².